The highest BCUT2D eigenvalue weighted by molar-refractivity contribution is 5.96. The van der Waals surface area contributed by atoms with Crippen LogP contribution in [0.3, 0.4) is 0 Å². The summed E-state index contributed by atoms with van der Waals surface area (Å²) in [6.45, 7) is 0. The first-order valence-corrected chi connectivity index (χ1v) is 3.38. The number of azo groups is 1. The van der Waals surface area contributed by atoms with Gasteiger partial charge in [-0.15, -0.1) is 10.2 Å². The normalized spacial score (nSPS) is 10.0. The van der Waals surface area contributed by atoms with E-state index in [2.05, 4.69) is 10.2 Å². The van der Waals surface area contributed by atoms with Gasteiger partial charge < -0.3 is 0 Å². The molecule has 0 aliphatic carbocycles. The molecule has 0 aliphatic heterocycles. The molecule has 0 saturated heterocycles. The number of benzene rings is 1. The second-order valence-electron chi connectivity index (χ2n) is 2.06. The summed E-state index contributed by atoms with van der Waals surface area (Å²) in [6, 6.07) is 9.05. The Morgan fingerprint density at radius 3 is 2.50 bits per heavy atom. The molecular formula is C8H8N4. The Bertz CT molecular complexity index is 302. The van der Waals surface area contributed by atoms with Gasteiger partial charge in [0, 0.05) is 5.56 Å². The predicted molar refractivity (Wildman–Crippen MR) is 46.9 cm³/mol. The molecule has 0 heterocycles. The smallest absolute Gasteiger partial charge is 0.174 e. The van der Waals surface area contributed by atoms with Crippen LogP contribution in [0.1, 0.15) is 5.56 Å². The van der Waals surface area contributed by atoms with Gasteiger partial charge in [-0.3, -0.25) is 10.8 Å². The van der Waals surface area contributed by atoms with Crippen LogP contribution in [0, 0.1) is 10.8 Å². The third-order valence-electron chi connectivity index (χ3n) is 1.26. The quantitative estimate of drug-likeness (QED) is 0.377. The van der Waals surface area contributed by atoms with Gasteiger partial charge in [-0.25, -0.2) is 0 Å². The van der Waals surface area contributed by atoms with Crippen molar-refractivity contribution in [3.8, 4) is 0 Å². The molecule has 4 nitrogen and oxygen atoms in total. The highest BCUT2D eigenvalue weighted by atomic mass is 15.1. The lowest BCUT2D eigenvalue weighted by Gasteiger charge is -1.93. The molecule has 1 aromatic rings. The zero-order valence-corrected chi connectivity index (χ0v) is 6.36. The first-order valence-electron chi connectivity index (χ1n) is 3.38. The van der Waals surface area contributed by atoms with Gasteiger partial charge in [-0.05, 0) is 0 Å². The van der Waals surface area contributed by atoms with E-state index in [1.54, 1.807) is 12.1 Å². The van der Waals surface area contributed by atoms with Gasteiger partial charge in [0.05, 0.1) is 0 Å². The Balaban J connectivity index is 2.79. The van der Waals surface area contributed by atoms with Gasteiger partial charge in [-0.1, -0.05) is 30.3 Å². The molecule has 1 rings (SSSR count). The largest absolute Gasteiger partial charge is 0.288 e. The van der Waals surface area contributed by atoms with E-state index in [9.17, 15) is 0 Å². The van der Waals surface area contributed by atoms with Crippen LogP contribution < -0.4 is 0 Å². The third-order valence-corrected chi connectivity index (χ3v) is 1.26. The van der Waals surface area contributed by atoms with E-state index in [1.807, 2.05) is 18.2 Å². The lowest BCUT2D eigenvalue weighted by atomic mass is 10.2. The molecule has 0 saturated carbocycles. The fraction of sp³-hybridized carbons (Fsp3) is 0. The van der Waals surface area contributed by atoms with Gasteiger partial charge in [0.2, 0.25) is 0 Å². The Morgan fingerprint density at radius 2 is 1.92 bits per heavy atom. The van der Waals surface area contributed by atoms with Crippen LogP contribution in [0.2, 0.25) is 0 Å². The molecule has 2 N–H and O–H groups in total. The molecule has 0 atom stereocenters. The van der Waals surface area contributed by atoms with Gasteiger partial charge in [-0.2, -0.15) is 0 Å². The summed E-state index contributed by atoms with van der Waals surface area (Å²) in [5, 5.41) is 20.7. The predicted octanol–water partition coefficient (Wildman–Crippen LogP) is 2.07. The molecule has 0 bridgehead atoms. The molecule has 1 aromatic carbocycles. The minimum atomic E-state index is 0.0686. The number of rotatable bonds is 2. The number of hydrogen-bond acceptors (Lipinski definition) is 2. The van der Waals surface area contributed by atoms with Crippen LogP contribution >= 0.6 is 0 Å². The summed E-state index contributed by atoms with van der Waals surface area (Å²) in [7, 11) is 0. The minimum Gasteiger partial charge on any atom is -0.288 e. The van der Waals surface area contributed by atoms with Crippen molar-refractivity contribution in [3.63, 3.8) is 0 Å². The second-order valence-corrected chi connectivity index (χ2v) is 2.06. The Kier molecular flexibility index (Phi) is 2.84. The van der Waals surface area contributed by atoms with E-state index in [0.29, 0.717) is 5.56 Å². The Morgan fingerprint density at radius 1 is 1.25 bits per heavy atom. The van der Waals surface area contributed by atoms with Gasteiger partial charge in [0.25, 0.3) is 0 Å². The van der Waals surface area contributed by atoms with Crippen molar-refractivity contribution in [2.75, 3.05) is 0 Å². The lowest BCUT2D eigenvalue weighted by molar-refractivity contribution is 1.28. The summed E-state index contributed by atoms with van der Waals surface area (Å²) in [4.78, 5) is 0. The molecule has 12 heavy (non-hydrogen) atoms. The van der Waals surface area contributed by atoms with Crippen LogP contribution in [-0.2, 0) is 0 Å². The average molecular weight is 160 g/mol. The van der Waals surface area contributed by atoms with Crippen LogP contribution in [0.4, 0.5) is 0 Å². The highest BCUT2D eigenvalue weighted by Gasteiger charge is 1.95. The van der Waals surface area contributed by atoms with E-state index in [0.717, 1.165) is 6.34 Å². The maximum atomic E-state index is 7.37. The van der Waals surface area contributed by atoms with E-state index in [1.165, 1.54) is 0 Å². The highest BCUT2D eigenvalue weighted by Crippen LogP contribution is 2.00. The van der Waals surface area contributed by atoms with Crippen molar-refractivity contribution in [3.05, 3.63) is 35.9 Å². The summed E-state index contributed by atoms with van der Waals surface area (Å²) < 4.78 is 0. The topological polar surface area (TPSA) is 72.4 Å². The SMILES string of the molecule is N=CN=NC(=N)c1ccccc1. The summed E-state index contributed by atoms with van der Waals surface area (Å²) in [5.41, 5.74) is 0.697. The molecule has 0 aliphatic rings. The van der Waals surface area contributed by atoms with Crippen LogP contribution in [0.25, 0.3) is 0 Å². The van der Waals surface area contributed by atoms with E-state index < -0.39 is 0 Å². The summed E-state index contributed by atoms with van der Waals surface area (Å²) in [5.74, 6) is 0.0686. The summed E-state index contributed by atoms with van der Waals surface area (Å²) >= 11 is 0. The second kappa shape index (κ2) is 4.12. The number of amidine groups is 1. The molecule has 0 aromatic heterocycles. The minimum absolute atomic E-state index is 0.0686. The van der Waals surface area contributed by atoms with Gasteiger partial charge >= 0.3 is 0 Å². The average Bonchev–Trinajstić information content (AvgIpc) is 2.15. The maximum Gasteiger partial charge on any atom is 0.174 e. The molecule has 0 spiro atoms. The van der Waals surface area contributed by atoms with E-state index >= 15 is 0 Å². The zero-order chi connectivity index (χ0) is 8.81. The Hall–Kier alpha value is -1.84. The molecule has 0 radical (unpaired) electrons. The first-order chi connectivity index (χ1) is 5.84. The van der Waals surface area contributed by atoms with Crippen molar-refractivity contribution in [2.45, 2.75) is 0 Å². The first kappa shape index (κ1) is 8.26. The summed E-state index contributed by atoms with van der Waals surface area (Å²) in [6.07, 6.45) is 0.803. The molecule has 60 valence electrons. The number of nitrogens with zero attached hydrogens (tertiary/aromatic N) is 2. The molecular weight excluding hydrogens is 152 g/mol. The number of hydrogen-bond donors (Lipinski definition) is 2. The standard InChI is InChI=1S/C8H8N4/c9-6-11-12-8(10)7-4-2-1-3-5-7/h1-6,9-10H. The lowest BCUT2D eigenvalue weighted by Crippen LogP contribution is -1.92. The molecule has 0 fully saturated rings. The van der Waals surface area contributed by atoms with Crippen molar-refractivity contribution >= 4 is 12.2 Å². The fourth-order valence-corrected chi connectivity index (χ4v) is 0.740. The maximum absolute atomic E-state index is 7.37. The van der Waals surface area contributed by atoms with Gasteiger partial charge in [0.1, 0.15) is 6.34 Å². The van der Waals surface area contributed by atoms with E-state index in [4.69, 9.17) is 10.8 Å². The Labute approximate surface area is 70.0 Å². The fourth-order valence-electron chi connectivity index (χ4n) is 0.740. The van der Waals surface area contributed by atoms with Crippen LogP contribution in [0.15, 0.2) is 40.6 Å². The van der Waals surface area contributed by atoms with E-state index in [-0.39, 0.29) is 5.84 Å². The molecule has 4 heteroatoms. The van der Waals surface area contributed by atoms with Crippen LogP contribution in [-0.4, -0.2) is 12.2 Å². The van der Waals surface area contributed by atoms with Crippen molar-refractivity contribution < 1.29 is 0 Å². The van der Waals surface area contributed by atoms with Crippen molar-refractivity contribution in [2.24, 2.45) is 10.2 Å². The zero-order valence-electron chi connectivity index (χ0n) is 6.36. The molecule has 0 unspecified atom stereocenters. The third kappa shape index (κ3) is 2.09. The van der Waals surface area contributed by atoms with Gasteiger partial charge in [0.15, 0.2) is 5.84 Å². The van der Waals surface area contributed by atoms with Crippen molar-refractivity contribution in [1.82, 2.24) is 0 Å². The van der Waals surface area contributed by atoms with Crippen molar-refractivity contribution in [1.29, 1.82) is 10.8 Å². The monoisotopic (exact) mass is 160 g/mol. The molecule has 0 amide bonds. The number of nitrogens with one attached hydrogen (secondary N) is 2. The van der Waals surface area contributed by atoms with Crippen LogP contribution in [0.5, 0.6) is 0 Å².